The Bertz CT molecular complexity index is 860. The lowest BCUT2D eigenvalue weighted by atomic mass is 10.0. The fourth-order valence-corrected chi connectivity index (χ4v) is 2.37. The third-order valence-electron chi connectivity index (χ3n) is 3.62. The van der Waals surface area contributed by atoms with Gasteiger partial charge in [0.25, 0.3) is 0 Å². The molecular formula is C20H15FO3. The van der Waals surface area contributed by atoms with E-state index in [1.165, 1.54) is 12.1 Å². The van der Waals surface area contributed by atoms with Crippen LogP contribution < -0.4 is 4.74 Å². The number of hydrogen-bond donors (Lipinski definition) is 1. The summed E-state index contributed by atoms with van der Waals surface area (Å²) < 4.78 is 19.6. The number of carboxylic acid groups (broad SMARTS) is 1. The van der Waals surface area contributed by atoms with Crippen LogP contribution in [0.3, 0.4) is 0 Å². The van der Waals surface area contributed by atoms with Crippen LogP contribution >= 0.6 is 0 Å². The van der Waals surface area contributed by atoms with E-state index in [1.807, 2.05) is 48.5 Å². The van der Waals surface area contributed by atoms with Crippen molar-refractivity contribution in [2.45, 2.75) is 6.61 Å². The van der Waals surface area contributed by atoms with Crippen molar-refractivity contribution in [3.05, 3.63) is 89.7 Å². The molecule has 0 unspecified atom stereocenters. The molecule has 3 rings (SSSR count). The first-order valence-corrected chi connectivity index (χ1v) is 7.43. The van der Waals surface area contributed by atoms with Gasteiger partial charge in [0.15, 0.2) is 0 Å². The van der Waals surface area contributed by atoms with E-state index in [0.29, 0.717) is 17.9 Å². The molecule has 4 heteroatoms. The van der Waals surface area contributed by atoms with Crippen LogP contribution in [0.5, 0.6) is 5.75 Å². The zero-order valence-electron chi connectivity index (χ0n) is 12.8. The molecule has 0 radical (unpaired) electrons. The smallest absolute Gasteiger partial charge is 0.338 e. The quantitative estimate of drug-likeness (QED) is 0.736. The number of aromatic carboxylic acids is 1. The molecule has 0 aliphatic heterocycles. The van der Waals surface area contributed by atoms with Crippen LogP contribution in [0.1, 0.15) is 15.9 Å². The van der Waals surface area contributed by atoms with Crippen molar-refractivity contribution in [3.8, 4) is 16.9 Å². The lowest BCUT2D eigenvalue weighted by molar-refractivity contribution is 0.0692. The minimum atomic E-state index is -1.28. The van der Waals surface area contributed by atoms with E-state index >= 15 is 0 Å². The SMILES string of the molecule is O=C(O)c1ccc(-c2cccc(OCc3ccccc3)c2)cc1F. The van der Waals surface area contributed by atoms with Gasteiger partial charge in [-0.3, -0.25) is 0 Å². The summed E-state index contributed by atoms with van der Waals surface area (Å²) in [5.74, 6) is -1.37. The predicted molar refractivity (Wildman–Crippen MR) is 89.6 cm³/mol. The van der Waals surface area contributed by atoms with Crippen LogP contribution in [0.2, 0.25) is 0 Å². The number of carboxylic acids is 1. The summed E-state index contributed by atoms with van der Waals surface area (Å²) in [5.41, 5.74) is 2.08. The molecule has 3 nitrogen and oxygen atoms in total. The minimum absolute atomic E-state index is 0.338. The lowest BCUT2D eigenvalue weighted by Gasteiger charge is -2.09. The van der Waals surface area contributed by atoms with Crippen LogP contribution in [-0.4, -0.2) is 11.1 Å². The molecule has 120 valence electrons. The predicted octanol–water partition coefficient (Wildman–Crippen LogP) is 4.77. The van der Waals surface area contributed by atoms with Gasteiger partial charge in [0.05, 0.1) is 5.56 Å². The topological polar surface area (TPSA) is 46.5 Å². The molecule has 1 N–H and O–H groups in total. The van der Waals surface area contributed by atoms with E-state index < -0.39 is 11.8 Å². The summed E-state index contributed by atoms with van der Waals surface area (Å²) >= 11 is 0. The molecule has 0 spiro atoms. The molecule has 0 heterocycles. The first-order chi connectivity index (χ1) is 11.6. The summed E-state index contributed by atoms with van der Waals surface area (Å²) in [5, 5.41) is 8.89. The van der Waals surface area contributed by atoms with Crippen molar-refractivity contribution in [2.75, 3.05) is 0 Å². The van der Waals surface area contributed by atoms with E-state index in [4.69, 9.17) is 9.84 Å². The van der Waals surface area contributed by atoms with Gasteiger partial charge >= 0.3 is 5.97 Å². The van der Waals surface area contributed by atoms with E-state index in [9.17, 15) is 9.18 Å². The Balaban J connectivity index is 1.80. The molecule has 0 amide bonds. The highest BCUT2D eigenvalue weighted by Crippen LogP contribution is 2.26. The number of ether oxygens (including phenoxy) is 1. The number of halogens is 1. The normalized spacial score (nSPS) is 10.4. The van der Waals surface area contributed by atoms with Gasteiger partial charge in [0.1, 0.15) is 18.2 Å². The van der Waals surface area contributed by atoms with E-state index in [1.54, 1.807) is 12.1 Å². The zero-order chi connectivity index (χ0) is 16.9. The monoisotopic (exact) mass is 322 g/mol. The fraction of sp³-hybridized carbons (Fsp3) is 0.0500. The van der Waals surface area contributed by atoms with Crippen molar-refractivity contribution in [1.82, 2.24) is 0 Å². The summed E-state index contributed by atoms with van der Waals surface area (Å²) in [6.45, 7) is 0.441. The molecule has 24 heavy (non-hydrogen) atoms. The van der Waals surface area contributed by atoms with Gasteiger partial charge in [-0.05, 0) is 41.0 Å². The summed E-state index contributed by atoms with van der Waals surface area (Å²) in [6, 6.07) is 21.1. The number of hydrogen-bond acceptors (Lipinski definition) is 2. The largest absolute Gasteiger partial charge is 0.489 e. The van der Waals surface area contributed by atoms with Crippen LogP contribution in [0.25, 0.3) is 11.1 Å². The van der Waals surface area contributed by atoms with Gasteiger partial charge in [-0.15, -0.1) is 0 Å². The van der Waals surface area contributed by atoms with Crippen molar-refractivity contribution >= 4 is 5.97 Å². The molecule has 0 bridgehead atoms. The van der Waals surface area contributed by atoms with Crippen LogP contribution in [-0.2, 0) is 6.61 Å². The second-order valence-corrected chi connectivity index (χ2v) is 5.30. The van der Waals surface area contributed by atoms with Crippen LogP contribution in [0, 0.1) is 5.82 Å². The van der Waals surface area contributed by atoms with E-state index in [0.717, 1.165) is 11.1 Å². The van der Waals surface area contributed by atoms with Gasteiger partial charge in [-0.2, -0.15) is 0 Å². The van der Waals surface area contributed by atoms with Gasteiger partial charge in [-0.1, -0.05) is 48.5 Å². The maximum atomic E-state index is 13.8. The number of rotatable bonds is 5. The third kappa shape index (κ3) is 3.60. The Morgan fingerprint density at radius 1 is 0.917 bits per heavy atom. The van der Waals surface area contributed by atoms with Crippen molar-refractivity contribution in [2.24, 2.45) is 0 Å². The molecule has 0 fully saturated rings. The van der Waals surface area contributed by atoms with Crippen molar-refractivity contribution in [3.63, 3.8) is 0 Å². The summed E-state index contributed by atoms with van der Waals surface area (Å²) in [7, 11) is 0. The summed E-state index contributed by atoms with van der Waals surface area (Å²) in [4.78, 5) is 10.9. The maximum absolute atomic E-state index is 13.8. The van der Waals surface area contributed by atoms with Crippen LogP contribution in [0.15, 0.2) is 72.8 Å². The maximum Gasteiger partial charge on any atom is 0.338 e. The second-order valence-electron chi connectivity index (χ2n) is 5.30. The van der Waals surface area contributed by atoms with Crippen molar-refractivity contribution in [1.29, 1.82) is 0 Å². The van der Waals surface area contributed by atoms with Gasteiger partial charge in [0, 0.05) is 0 Å². The summed E-state index contributed by atoms with van der Waals surface area (Å²) in [6.07, 6.45) is 0. The third-order valence-corrected chi connectivity index (χ3v) is 3.62. The zero-order valence-corrected chi connectivity index (χ0v) is 12.8. The highest BCUT2D eigenvalue weighted by atomic mass is 19.1. The highest BCUT2D eigenvalue weighted by Gasteiger charge is 2.11. The van der Waals surface area contributed by atoms with Crippen LogP contribution in [0.4, 0.5) is 4.39 Å². The Kier molecular flexibility index (Phi) is 4.57. The molecule has 3 aromatic carbocycles. The molecule has 3 aromatic rings. The van der Waals surface area contributed by atoms with Gasteiger partial charge in [0.2, 0.25) is 0 Å². The van der Waals surface area contributed by atoms with E-state index in [-0.39, 0.29) is 5.56 Å². The Labute approximate surface area is 139 Å². The molecular weight excluding hydrogens is 307 g/mol. The molecule has 0 atom stereocenters. The lowest BCUT2D eigenvalue weighted by Crippen LogP contribution is -2.00. The average molecular weight is 322 g/mol. The van der Waals surface area contributed by atoms with Gasteiger partial charge in [-0.25, -0.2) is 9.18 Å². The first-order valence-electron chi connectivity index (χ1n) is 7.43. The minimum Gasteiger partial charge on any atom is -0.489 e. The average Bonchev–Trinajstić information content (AvgIpc) is 2.61. The Morgan fingerprint density at radius 2 is 1.67 bits per heavy atom. The fourth-order valence-electron chi connectivity index (χ4n) is 2.37. The number of benzene rings is 3. The first kappa shape index (κ1) is 15.7. The molecule has 0 saturated carbocycles. The highest BCUT2D eigenvalue weighted by molar-refractivity contribution is 5.88. The molecule has 0 saturated heterocycles. The van der Waals surface area contributed by atoms with Gasteiger partial charge < -0.3 is 9.84 Å². The molecule has 0 aliphatic carbocycles. The molecule has 0 aromatic heterocycles. The Hall–Kier alpha value is -3.14. The van der Waals surface area contributed by atoms with Crippen molar-refractivity contribution < 1.29 is 19.0 Å². The Morgan fingerprint density at radius 3 is 2.38 bits per heavy atom. The standard InChI is InChI=1S/C20H15FO3/c21-19-12-16(9-10-18(19)20(22)23)15-7-4-8-17(11-15)24-13-14-5-2-1-3-6-14/h1-12H,13H2,(H,22,23). The molecule has 0 aliphatic rings. The second kappa shape index (κ2) is 6.96. The van der Waals surface area contributed by atoms with E-state index in [2.05, 4.69) is 0 Å². The number of carbonyl (C=O) groups is 1.